The maximum atomic E-state index is 12.5. The van der Waals surface area contributed by atoms with E-state index in [-0.39, 0.29) is 11.6 Å². The van der Waals surface area contributed by atoms with Gasteiger partial charge in [-0.3, -0.25) is 0 Å². The summed E-state index contributed by atoms with van der Waals surface area (Å²) in [6.07, 6.45) is -0.394. The third-order valence-electron chi connectivity index (χ3n) is 2.00. The maximum Gasteiger partial charge on any atom is 0.360 e. The van der Waals surface area contributed by atoms with Crippen LogP contribution in [0, 0.1) is 0 Å². The molecule has 1 heterocycles. The number of carbonyl (C=O) groups is 1. The number of esters is 1. The van der Waals surface area contributed by atoms with Crippen LogP contribution in [0.2, 0.25) is 0 Å². The van der Waals surface area contributed by atoms with Crippen molar-refractivity contribution < 1.29 is 18.4 Å². The monoisotopic (exact) mass is 185 g/mol. The molecule has 1 aromatic rings. The van der Waals surface area contributed by atoms with Crippen molar-refractivity contribution in [1.82, 2.24) is 5.16 Å². The van der Waals surface area contributed by atoms with Gasteiger partial charge in [0.05, 0.1) is 13.0 Å². The van der Waals surface area contributed by atoms with Crippen LogP contribution >= 0.6 is 0 Å². The highest BCUT2D eigenvalue weighted by atomic mass is 19.1. The molecule has 1 saturated carbocycles. The van der Waals surface area contributed by atoms with E-state index in [0.717, 1.165) is 0 Å². The molecule has 0 saturated heterocycles. The van der Waals surface area contributed by atoms with Crippen LogP contribution in [0.1, 0.15) is 28.6 Å². The van der Waals surface area contributed by atoms with Crippen molar-refractivity contribution in [3.8, 4) is 0 Å². The first kappa shape index (κ1) is 8.22. The molecule has 0 spiro atoms. The summed E-state index contributed by atoms with van der Waals surface area (Å²) < 4.78 is 21.8. The number of hydrogen-bond acceptors (Lipinski definition) is 4. The van der Waals surface area contributed by atoms with Crippen molar-refractivity contribution >= 4 is 5.97 Å². The molecule has 0 bridgehead atoms. The summed E-state index contributed by atoms with van der Waals surface area (Å²) in [7, 11) is 1.26. The van der Waals surface area contributed by atoms with Crippen LogP contribution < -0.4 is 0 Å². The smallest absolute Gasteiger partial charge is 0.360 e. The van der Waals surface area contributed by atoms with Crippen LogP contribution in [0.3, 0.4) is 0 Å². The summed E-state index contributed by atoms with van der Waals surface area (Å²) in [5, 5.41) is 3.47. The van der Waals surface area contributed by atoms with Gasteiger partial charge in [-0.2, -0.15) is 0 Å². The van der Waals surface area contributed by atoms with Crippen molar-refractivity contribution in [2.45, 2.75) is 18.5 Å². The second-order valence-electron chi connectivity index (χ2n) is 2.96. The zero-order valence-corrected chi connectivity index (χ0v) is 6.99. The first-order valence-corrected chi connectivity index (χ1v) is 3.91. The van der Waals surface area contributed by atoms with Gasteiger partial charge in [-0.25, -0.2) is 9.18 Å². The van der Waals surface area contributed by atoms with Crippen molar-refractivity contribution in [2.24, 2.45) is 0 Å². The first-order valence-electron chi connectivity index (χ1n) is 3.91. The second kappa shape index (κ2) is 2.83. The third kappa shape index (κ3) is 1.41. The molecule has 70 valence electrons. The van der Waals surface area contributed by atoms with Gasteiger partial charge in [-0.1, -0.05) is 5.16 Å². The molecular weight excluding hydrogens is 177 g/mol. The molecule has 13 heavy (non-hydrogen) atoms. The van der Waals surface area contributed by atoms with E-state index >= 15 is 0 Å². The third-order valence-corrected chi connectivity index (χ3v) is 2.00. The Morgan fingerprint density at radius 3 is 3.08 bits per heavy atom. The summed E-state index contributed by atoms with van der Waals surface area (Å²) in [5.74, 6) is -0.357. The van der Waals surface area contributed by atoms with E-state index in [4.69, 9.17) is 4.52 Å². The highest BCUT2D eigenvalue weighted by molar-refractivity contribution is 5.87. The fraction of sp³-hybridized carbons (Fsp3) is 0.500. The summed E-state index contributed by atoms with van der Waals surface area (Å²) in [5.41, 5.74) is 0.0941. The number of halogens is 1. The molecule has 2 rings (SSSR count). The molecule has 0 radical (unpaired) electrons. The quantitative estimate of drug-likeness (QED) is 0.651. The lowest BCUT2D eigenvalue weighted by molar-refractivity contribution is 0.0589. The summed E-state index contributed by atoms with van der Waals surface area (Å²) in [4.78, 5) is 10.9. The minimum absolute atomic E-state index is 0.0941. The number of carbonyl (C=O) groups excluding carboxylic acids is 1. The Hall–Kier alpha value is -1.39. The van der Waals surface area contributed by atoms with Gasteiger partial charge < -0.3 is 9.26 Å². The molecule has 4 nitrogen and oxygen atoms in total. The summed E-state index contributed by atoms with van der Waals surface area (Å²) in [6.45, 7) is 0. The summed E-state index contributed by atoms with van der Waals surface area (Å²) in [6, 6.07) is 1.43. The molecule has 1 aliphatic rings. The SMILES string of the molecule is COC(=O)c1cc(C2CC2F)on1. The molecule has 1 aliphatic carbocycles. The van der Waals surface area contributed by atoms with E-state index < -0.39 is 12.1 Å². The van der Waals surface area contributed by atoms with Gasteiger partial charge in [0.1, 0.15) is 11.9 Å². The highest BCUT2D eigenvalue weighted by Gasteiger charge is 2.42. The minimum Gasteiger partial charge on any atom is -0.464 e. The Labute approximate surface area is 73.7 Å². The predicted molar refractivity (Wildman–Crippen MR) is 40.1 cm³/mol. The fourth-order valence-corrected chi connectivity index (χ4v) is 1.12. The number of hydrogen-bond donors (Lipinski definition) is 0. The zero-order valence-electron chi connectivity index (χ0n) is 6.99. The number of nitrogens with zero attached hydrogens (tertiary/aromatic N) is 1. The summed E-state index contributed by atoms with van der Waals surface area (Å²) >= 11 is 0. The molecular formula is C8H8FNO3. The Morgan fingerprint density at radius 2 is 2.54 bits per heavy atom. The standard InChI is InChI=1S/C8H8FNO3/c1-12-8(11)6-3-7(13-10-6)4-2-5(4)9/h3-5H,2H2,1H3. The minimum atomic E-state index is -0.849. The average molecular weight is 185 g/mol. The van der Waals surface area contributed by atoms with Crippen molar-refractivity contribution in [3.63, 3.8) is 0 Å². The van der Waals surface area contributed by atoms with Gasteiger partial charge in [0.15, 0.2) is 5.69 Å². The van der Waals surface area contributed by atoms with E-state index in [9.17, 15) is 9.18 Å². The molecule has 5 heteroatoms. The van der Waals surface area contributed by atoms with Gasteiger partial charge in [0.25, 0.3) is 0 Å². The Balaban J connectivity index is 2.14. The molecule has 0 aromatic carbocycles. The average Bonchev–Trinajstić information content (AvgIpc) is 2.70. The van der Waals surface area contributed by atoms with Crippen LogP contribution in [0.4, 0.5) is 4.39 Å². The molecule has 0 aliphatic heterocycles. The lowest BCUT2D eigenvalue weighted by Gasteiger charge is -1.88. The van der Waals surface area contributed by atoms with Gasteiger partial charge in [0, 0.05) is 6.07 Å². The second-order valence-corrected chi connectivity index (χ2v) is 2.96. The predicted octanol–water partition coefficient (Wildman–Crippen LogP) is 1.29. The van der Waals surface area contributed by atoms with Gasteiger partial charge >= 0.3 is 5.97 Å². The molecule has 2 unspecified atom stereocenters. The molecule has 0 amide bonds. The highest BCUT2D eigenvalue weighted by Crippen LogP contribution is 2.43. The molecule has 1 fully saturated rings. The van der Waals surface area contributed by atoms with Crippen LogP contribution in [0.25, 0.3) is 0 Å². The first-order chi connectivity index (χ1) is 6.22. The number of ether oxygens (including phenoxy) is 1. The number of methoxy groups -OCH3 is 1. The molecule has 0 N–H and O–H groups in total. The fourth-order valence-electron chi connectivity index (χ4n) is 1.12. The normalized spacial score (nSPS) is 25.7. The zero-order chi connectivity index (χ0) is 9.42. The van der Waals surface area contributed by atoms with Crippen LogP contribution in [0.5, 0.6) is 0 Å². The lowest BCUT2D eigenvalue weighted by Crippen LogP contribution is -2.00. The van der Waals surface area contributed by atoms with E-state index in [1.807, 2.05) is 0 Å². The van der Waals surface area contributed by atoms with E-state index in [1.165, 1.54) is 13.2 Å². The maximum absolute atomic E-state index is 12.5. The topological polar surface area (TPSA) is 52.3 Å². The van der Waals surface area contributed by atoms with E-state index in [2.05, 4.69) is 9.89 Å². The molecule has 2 atom stereocenters. The number of rotatable bonds is 2. The van der Waals surface area contributed by atoms with Gasteiger partial charge in [0.2, 0.25) is 0 Å². The van der Waals surface area contributed by atoms with Crippen LogP contribution in [-0.2, 0) is 4.74 Å². The van der Waals surface area contributed by atoms with Gasteiger partial charge in [-0.05, 0) is 6.42 Å². The van der Waals surface area contributed by atoms with Crippen molar-refractivity contribution in [3.05, 3.63) is 17.5 Å². The Kier molecular flexibility index (Phi) is 1.79. The van der Waals surface area contributed by atoms with E-state index in [0.29, 0.717) is 12.2 Å². The van der Waals surface area contributed by atoms with Crippen molar-refractivity contribution in [2.75, 3.05) is 7.11 Å². The van der Waals surface area contributed by atoms with Crippen molar-refractivity contribution in [1.29, 1.82) is 0 Å². The van der Waals surface area contributed by atoms with Crippen LogP contribution in [-0.4, -0.2) is 24.4 Å². The van der Waals surface area contributed by atoms with E-state index in [1.54, 1.807) is 0 Å². The Morgan fingerprint density at radius 1 is 1.85 bits per heavy atom. The van der Waals surface area contributed by atoms with Gasteiger partial charge in [-0.15, -0.1) is 0 Å². The molecule has 1 aromatic heterocycles. The lowest BCUT2D eigenvalue weighted by atomic mass is 10.3. The number of alkyl halides is 1. The van der Waals surface area contributed by atoms with Crippen LogP contribution in [0.15, 0.2) is 10.6 Å². The number of aromatic nitrogens is 1. The Bertz CT molecular complexity index is 336. The largest absolute Gasteiger partial charge is 0.464 e.